The number of hydrogen-bond acceptors (Lipinski definition) is 4. The minimum absolute atomic E-state index is 0.246. The lowest BCUT2D eigenvalue weighted by atomic mass is 10.2. The van der Waals surface area contributed by atoms with E-state index in [0.717, 1.165) is 21.4 Å². The fraction of sp³-hybridized carbons (Fsp3) is 0.357. The van der Waals surface area contributed by atoms with Crippen molar-refractivity contribution in [2.45, 2.75) is 36.2 Å². The van der Waals surface area contributed by atoms with Gasteiger partial charge in [-0.25, -0.2) is 14.9 Å². The summed E-state index contributed by atoms with van der Waals surface area (Å²) in [5, 5.41) is 4.38. The minimum atomic E-state index is -0.246. The topological polar surface area (TPSA) is 54.0 Å². The Morgan fingerprint density at radius 1 is 1.45 bits per heavy atom. The summed E-state index contributed by atoms with van der Waals surface area (Å²) in [5.41, 5.74) is 7.95. The summed E-state index contributed by atoms with van der Waals surface area (Å²) < 4.78 is 15.2. The number of imidazole rings is 1. The van der Waals surface area contributed by atoms with Crippen LogP contribution >= 0.6 is 11.8 Å². The molecule has 6 heteroatoms. The first-order chi connectivity index (χ1) is 9.52. The number of hydrogen-bond donors (Lipinski definition) is 1. The maximum absolute atomic E-state index is 13.3. The Bertz CT molecular complexity index is 622. The van der Waals surface area contributed by atoms with Crippen LogP contribution in [0.15, 0.2) is 39.3 Å². The largest absolute Gasteiger partial charge is 0.324 e. The number of halogens is 1. The Balaban J connectivity index is 2.41. The van der Waals surface area contributed by atoms with Crippen molar-refractivity contribution in [2.24, 2.45) is 12.2 Å². The van der Waals surface area contributed by atoms with Gasteiger partial charge < -0.3 is 4.57 Å². The van der Waals surface area contributed by atoms with Crippen LogP contribution in [-0.2, 0) is 13.6 Å². The summed E-state index contributed by atoms with van der Waals surface area (Å²) in [7, 11) is 1.90. The third-order valence-electron chi connectivity index (χ3n) is 2.94. The molecule has 1 aromatic heterocycles. The third kappa shape index (κ3) is 3.07. The molecule has 0 fully saturated rings. The molecule has 0 spiro atoms. The molecule has 0 radical (unpaired) electrons. The highest BCUT2D eigenvalue weighted by atomic mass is 32.2. The number of nitrogens with zero attached hydrogens (tertiary/aromatic N) is 3. The van der Waals surface area contributed by atoms with Gasteiger partial charge in [0.1, 0.15) is 23.2 Å². The fourth-order valence-corrected chi connectivity index (χ4v) is 3.07. The molecule has 0 aliphatic carbocycles. The first kappa shape index (κ1) is 14.7. The van der Waals surface area contributed by atoms with E-state index >= 15 is 0 Å². The smallest absolute Gasteiger partial charge is 0.133 e. The molecule has 1 heterocycles. The predicted molar refractivity (Wildman–Crippen MR) is 76.7 cm³/mol. The number of aromatic nitrogens is 2. The highest BCUT2D eigenvalue weighted by Crippen LogP contribution is 2.34. The fourth-order valence-electron chi connectivity index (χ4n) is 1.90. The lowest BCUT2D eigenvalue weighted by Crippen LogP contribution is -1.97. The van der Waals surface area contributed by atoms with E-state index in [9.17, 15) is 4.39 Å². The molecule has 0 bridgehead atoms. The van der Waals surface area contributed by atoms with Crippen LogP contribution in [0.5, 0.6) is 0 Å². The molecule has 0 saturated heterocycles. The normalized spacial score (nSPS) is 11.1. The zero-order chi connectivity index (χ0) is 14.7. The SMILES string of the molecule is CC(C)c1nc(CN=N)n(C)c1Sc1cccc(F)c1. The molecule has 4 nitrogen and oxygen atoms in total. The number of rotatable bonds is 5. The molecule has 0 saturated carbocycles. The van der Waals surface area contributed by atoms with Crippen LogP contribution in [0.1, 0.15) is 31.3 Å². The van der Waals surface area contributed by atoms with Crippen molar-refractivity contribution in [1.82, 2.24) is 9.55 Å². The predicted octanol–water partition coefficient (Wildman–Crippen LogP) is 4.36. The van der Waals surface area contributed by atoms with Crippen LogP contribution < -0.4 is 0 Å². The molecule has 1 aromatic carbocycles. The molecule has 20 heavy (non-hydrogen) atoms. The second-order valence-electron chi connectivity index (χ2n) is 4.81. The third-order valence-corrected chi connectivity index (χ3v) is 4.10. The van der Waals surface area contributed by atoms with Gasteiger partial charge in [0.25, 0.3) is 0 Å². The van der Waals surface area contributed by atoms with E-state index < -0.39 is 0 Å². The van der Waals surface area contributed by atoms with Crippen molar-refractivity contribution in [3.8, 4) is 0 Å². The van der Waals surface area contributed by atoms with E-state index in [0.29, 0.717) is 0 Å². The molecule has 0 atom stereocenters. The van der Waals surface area contributed by atoms with Crippen LogP contribution in [-0.4, -0.2) is 9.55 Å². The van der Waals surface area contributed by atoms with E-state index in [1.54, 1.807) is 6.07 Å². The van der Waals surface area contributed by atoms with Gasteiger partial charge in [-0.2, -0.15) is 5.11 Å². The Morgan fingerprint density at radius 3 is 2.80 bits per heavy atom. The molecule has 106 valence electrons. The zero-order valence-corrected chi connectivity index (χ0v) is 12.5. The Labute approximate surface area is 121 Å². The molecule has 2 rings (SSSR count). The molecule has 1 N–H and O–H groups in total. The molecular formula is C14H17FN4S. The summed E-state index contributed by atoms with van der Waals surface area (Å²) >= 11 is 1.49. The van der Waals surface area contributed by atoms with Crippen LogP contribution in [0.25, 0.3) is 0 Å². The van der Waals surface area contributed by atoms with E-state index in [1.165, 1.54) is 23.9 Å². The average molecular weight is 292 g/mol. The van der Waals surface area contributed by atoms with Crippen LogP contribution in [0.4, 0.5) is 4.39 Å². The second-order valence-corrected chi connectivity index (χ2v) is 5.87. The quantitative estimate of drug-likeness (QED) is 0.832. The lowest BCUT2D eigenvalue weighted by Gasteiger charge is -2.08. The maximum atomic E-state index is 13.3. The van der Waals surface area contributed by atoms with Crippen molar-refractivity contribution in [3.63, 3.8) is 0 Å². The molecular weight excluding hydrogens is 275 g/mol. The number of nitrogens with one attached hydrogen (secondary N) is 1. The van der Waals surface area contributed by atoms with E-state index in [-0.39, 0.29) is 18.3 Å². The first-order valence-corrected chi connectivity index (χ1v) is 7.16. The standard InChI is InChI=1S/C14H17FN4S/c1-9(2)13-14(19(3)12(18-13)8-17-16)20-11-6-4-5-10(15)7-11/h4-7,9,16H,8H2,1-3H3. The maximum Gasteiger partial charge on any atom is 0.133 e. The molecule has 0 aliphatic rings. The van der Waals surface area contributed by atoms with Gasteiger partial charge in [-0.3, -0.25) is 0 Å². The van der Waals surface area contributed by atoms with Crippen molar-refractivity contribution in [2.75, 3.05) is 0 Å². The Morgan fingerprint density at radius 2 is 2.20 bits per heavy atom. The number of benzene rings is 1. The van der Waals surface area contributed by atoms with Crippen molar-refractivity contribution < 1.29 is 4.39 Å². The highest BCUT2D eigenvalue weighted by molar-refractivity contribution is 7.99. The van der Waals surface area contributed by atoms with Gasteiger partial charge in [-0.15, -0.1) is 0 Å². The van der Waals surface area contributed by atoms with Gasteiger partial charge in [0.2, 0.25) is 0 Å². The lowest BCUT2D eigenvalue weighted by molar-refractivity contribution is 0.624. The molecule has 0 aliphatic heterocycles. The van der Waals surface area contributed by atoms with Crippen molar-refractivity contribution in [3.05, 3.63) is 41.6 Å². The average Bonchev–Trinajstić information content (AvgIpc) is 2.69. The molecule has 0 amide bonds. The van der Waals surface area contributed by atoms with Crippen molar-refractivity contribution in [1.29, 1.82) is 5.53 Å². The van der Waals surface area contributed by atoms with Gasteiger partial charge in [0.05, 0.1) is 5.69 Å². The van der Waals surface area contributed by atoms with Gasteiger partial charge in [0.15, 0.2) is 0 Å². The highest BCUT2D eigenvalue weighted by Gasteiger charge is 2.18. The first-order valence-electron chi connectivity index (χ1n) is 6.35. The summed E-state index contributed by atoms with van der Waals surface area (Å²) in [4.78, 5) is 5.39. The van der Waals surface area contributed by atoms with E-state index in [1.807, 2.05) is 17.7 Å². The van der Waals surface area contributed by atoms with Gasteiger partial charge in [-0.1, -0.05) is 31.7 Å². The van der Waals surface area contributed by atoms with Crippen LogP contribution in [0.3, 0.4) is 0 Å². The summed E-state index contributed by atoms with van der Waals surface area (Å²) in [5.74, 6) is 0.768. The monoisotopic (exact) mass is 292 g/mol. The minimum Gasteiger partial charge on any atom is -0.324 e. The summed E-state index contributed by atoms with van der Waals surface area (Å²) in [6.45, 7) is 4.40. The van der Waals surface area contributed by atoms with Gasteiger partial charge in [-0.05, 0) is 24.1 Å². The summed E-state index contributed by atoms with van der Waals surface area (Å²) in [6, 6.07) is 6.51. The van der Waals surface area contributed by atoms with Gasteiger partial charge >= 0.3 is 0 Å². The van der Waals surface area contributed by atoms with Gasteiger partial charge in [0, 0.05) is 11.9 Å². The van der Waals surface area contributed by atoms with Crippen molar-refractivity contribution >= 4 is 11.8 Å². The zero-order valence-electron chi connectivity index (χ0n) is 11.7. The Hall–Kier alpha value is -1.69. The molecule has 0 unspecified atom stereocenters. The van der Waals surface area contributed by atoms with E-state index in [2.05, 4.69) is 23.9 Å². The van der Waals surface area contributed by atoms with E-state index in [4.69, 9.17) is 5.53 Å². The Kier molecular flexibility index (Phi) is 4.54. The summed E-state index contributed by atoms with van der Waals surface area (Å²) in [6.07, 6.45) is 0. The van der Waals surface area contributed by atoms with Crippen LogP contribution in [0, 0.1) is 11.3 Å². The van der Waals surface area contributed by atoms with Crippen LogP contribution in [0.2, 0.25) is 0 Å². The molecule has 2 aromatic rings. The second kappa shape index (κ2) is 6.17.